The fourth-order valence-corrected chi connectivity index (χ4v) is 4.84. The Morgan fingerprint density at radius 2 is 0.880 bits per heavy atom. The molecular weight excluding hydrogens is 316 g/mol. The predicted octanol–water partition coefficient (Wildman–Crippen LogP) is 5.11. The standard InChI is InChI=1S/C24H32Si/c1-22(2,3)15-18-25(19-16-23(4,5)6,20-17-24(7,8)9)21-13-11-10-12-14-21/h10-14H,1-9H3. The van der Waals surface area contributed by atoms with Crippen LogP contribution < -0.4 is 5.19 Å². The summed E-state index contributed by atoms with van der Waals surface area (Å²) in [5, 5.41) is 1.18. The van der Waals surface area contributed by atoms with Crippen molar-refractivity contribution in [3.05, 3.63) is 30.3 Å². The van der Waals surface area contributed by atoms with Crippen molar-refractivity contribution in [3.63, 3.8) is 0 Å². The van der Waals surface area contributed by atoms with Crippen LogP contribution in [0.1, 0.15) is 62.3 Å². The molecule has 1 rings (SSSR count). The zero-order valence-corrected chi connectivity index (χ0v) is 18.4. The molecular formula is C24H32Si. The quantitative estimate of drug-likeness (QED) is 0.489. The zero-order chi connectivity index (χ0) is 19.4. The lowest BCUT2D eigenvalue weighted by Gasteiger charge is -2.18. The molecule has 1 aromatic carbocycles. The van der Waals surface area contributed by atoms with Crippen molar-refractivity contribution in [2.24, 2.45) is 16.2 Å². The van der Waals surface area contributed by atoms with Gasteiger partial charge in [-0.1, -0.05) is 47.0 Å². The van der Waals surface area contributed by atoms with Crippen molar-refractivity contribution >= 4 is 13.3 Å². The maximum Gasteiger partial charge on any atom is 0.321 e. The Kier molecular flexibility index (Phi) is 6.40. The smallest absolute Gasteiger partial charge is 0.102 e. The van der Waals surface area contributed by atoms with Gasteiger partial charge in [-0.25, -0.2) is 0 Å². The Hall–Kier alpha value is -1.88. The predicted molar refractivity (Wildman–Crippen MR) is 114 cm³/mol. The van der Waals surface area contributed by atoms with E-state index >= 15 is 0 Å². The van der Waals surface area contributed by atoms with Gasteiger partial charge in [-0.15, -0.1) is 17.8 Å². The van der Waals surface area contributed by atoms with Crippen molar-refractivity contribution in [2.75, 3.05) is 0 Å². The van der Waals surface area contributed by atoms with Crippen molar-refractivity contribution in [1.82, 2.24) is 0 Å². The second-order valence-corrected chi connectivity index (χ2v) is 12.4. The van der Waals surface area contributed by atoms with E-state index in [2.05, 4.69) is 121 Å². The molecule has 1 heteroatoms. The summed E-state index contributed by atoms with van der Waals surface area (Å²) in [7, 11) is -2.58. The van der Waals surface area contributed by atoms with Gasteiger partial charge in [0, 0.05) is 16.2 Å². The molecule has 0 nitrogen and oxygen atoms in total. The van der Waals surface area contributed by atoms with Crippen LogP contribution in [0.5, 0.6) is 0 Å². The highest BCUT2D eigenvalue weighted by molar-refractivity contribution is 7.10. The van der Waals surface area contributed by atoms with E-state index in [-0.39, 0.29) is 16.2 Å². The zero-order valence-electron chi connectivity index (χ0n) is 17.4. The summed E-state index contributed by atoms with van der Waals surface area (Å²) in [6, 6.07) is 10.4. The molecule has 0 saturated carbocycles. The number of benzene rings is 1. The summed E-state index contributed by atoms with van der Waals surface area (Å²) >= 11 is 0. The normalized spacial score (nSPS) is 12.0. The molecule has 0 aliphatic rings. The van der Waals surface area contributed by atoms with Crippen LogP contribution in [0.4, 0.5) is 0 Å². The lowest BCUT2D eigenvalue weighted by molar-refractivity contribution is 0.571. The summed E-state index contributed by atoms with van der Waals surface area (Å²) in [6.45, 7) is 19.2. The summed E-state index contributed by atoms with van der Waals surface area (Å²) in [4.78, 5) is 0. The summed E-state index contributed by atoms with van der Waals surface area (Å²) in [5.41, 5.74) is 10.5. The third-order valence-corrected chi connectivity index (χ3v) is 5.78. The van der Waals surface area contributed by atoms with E-state index < -0.39 is 8.07 Å². The van der Waals surface area contributed by atoms with Gasteiger partial charge in [-0.3, -0.25) is 0 Å². The fraction of sp³-hybridized carbons (Fsp3) is 0.500. The lowest BCUT2D eigenvalue weighted by atomic mass is 9.99. The Balaban J connectivity index is 3.76. The van der Waals surface area contributed by atoms with E-state index in [1.807, 2.05) is 6.07 Å². The Labute approximate surface area is 156 Å². The Bertz CT molecular complexity index is 680. The molecule has 0 aromatic heterocycles. The molecule has 0 spiro atoms. The van der Waals surface area contributed by atoms with Crippen molar-refractivity contribution < 1.29 is 0 Å². The highest BCUT2D eigenvalue weighted by atomic mass is 28.3. The molecule has 0 saturated heterocycles. The van der Waals surface area contributed by atoms with Crippen molar-refractivity contribution in [2.45, 2.75) is 62.3 Å². The van der Waals surface area contributed by atoms with Gasteiger partial charge in [-0.05, 0) is 67.5 Å². The van der Waals surface area contributed by atoms with Gasteiger partial charge in [0.15, 0.2) is 0 Å². The van der Waals surface area contributed by atoms with Crippen molar-refractivity contribution in [3.8, 4) is 34.4 Å². The first-order valence-corrected chi connectivity index (χ1v) is 10.9. The van der Waals surface area contributed by atoms with Crippen LogP contribution in [0.15, 0.2) is 30.3 Å². The molecule has 132 valence electrons. The van der Waals surface area contributed by atoms with Gasteiger partial charge in [0.25, 0.3) is 0 Å². The van der Waals surface area contributed by atoms with E-state index in [4.69, 9.17) is 0 Å². The molecule has 0 amide bonds. The van der Waals surface area contributed by atoms with E-state index in [1.165, 1.54) is 5.19 Å². The van der Waals surface area contributed by atoms with Gasteiger partial charge in [0.05, 0.1) is 0 Å². The van der Waals surface area contributed by atoms with Crippen LogP contribution in [-0.4, -0.2) is 8.07 Å². The van der Waals surface area contributed by atoms with E-state index in [0.29, 0.717) is 0 Å². The minimum absolute atomic E-state index is 0.0696. The fourth-order valence-electron chi connectivity index (χ4n) is 1.84. The molecule has 0 heterocycles. The van der Waals surface area contributed by atoms with Gasteiger partial charge >= 0.3 is 8.07 Å². The largest absolute Gasteiger partial charge is 0.321 e. The number of hydrogen-bond acceptors (Lipinski definition) is 0. The number of hydrogen-bond donors (Lipinski definition) is 0. The third kappa shape index (κ3) is 8.16. The number of rotatable bonds is 1. The highest BCUT2D eigenvalue weighted by Crippen LogP contribution is 2.16. The molecule has 25 heavy (non-hydrogen) atoms. The third-order valence-electron chi connectivity index (χ3n) is 3.08. The van der Waals surface area contributed by atoms with Gasteiger partial charge in [0.1, 0.15) is 0 Å². The van der Waals surface area contributed by atoms with Crippen LogP contribution in [0, 0.1) is 50.6 Å². The van der Waals surface area contributed by atoms with Crippen LogP contribution in [-0.2, 0) is 0 Å². The molecule has 0 unspecified atom stereocenters. The highest BCUT2D eigenvalue weighted by Gasteiger charge is 2.32. The Morgan fingerprint density at radius 1 is 0.560 bits per heavy atom. The van der Waals surface area contributed by atoms with Crippen molar-refractivity contribution in [1.29, 1.82) is 0 Å². The molecule has 0 aliphatic carbocycles. The lowest BCUT2D eigenvalue weighted by Crippen LogP contribution is -2.46. The molecule has 0 N–H and O–H groups in total. The maximum absolute atomic E-state index is 3.58. The van der Waals surface area contributed by atoms with E-state index in [1.54, 1.807) is 0 Å². The summed E-state index contributed by atoms with van der Waals surface area (Å²) in [5.74, 6) is 10.3. The first kappa shape index (κ1) is 21.2. The molecule has 0 fully saturated rings. The van der Waals surface area contributed by atoms with E-state index in [0.717, 1.165) is 0 Å². The first-order chi connectivity index (χ1) is 11.2. The SMILES string of the molecule is CC(C)(C)C#C[Si](C#CC(C)(C)C)(C#CC(C)(C)C)c1ccccc1. The summed E-state index contributed by atoms with van der Waals surface area (Å²) < 4.78 is 0. The Morgan fingerprint density at radius 3 is 1.16 bits per heavy atom. The average Bonchev–Trinajstić information content (AvgIpc) is 2.45. The monoisotopic (exact) mass is 348 g/mol. The van der Waals surface area contributed by atoms with Crippen LogP contribution in [0.2, 0.25) is 0 Å². The minimum Gasteiger partial charge on any atom is -0.102 e. The molecule has 0 radical (unpaired) electrons. The maximum atomic E-state index is 3.58. The van der Waals surface area contributed by atoms with Gasteiger partial charge < -0.3 is 0 Å². The summed E-state index contributed by atoms with van der Waals surface area (Å²) in [6.07, 6.45) is 0. The average molecular weight is 349 g/mol. The molecule has 0 bridgehead atoms. The second kappa shape index (κ2) is 7.56. The van der Waals surface area contributed by atoms with Crippen LogP contribution in [0.3, 0.4) is 0 Å². The topological polar surface area (TPSA) is 0 Å². The molecule has 0 aliphatic heterocycles. The van der Waals surface area contributed by atoms with Crippen LogP contribution in [0.25, 0.3) is 0 Å². The van der Waals surface area contributed by atoms with Crippen LogP contribution >= 0.6 is 0 Å². The first-order valence-electron chi connectivity index (χ1n) is 8.91. The second-order valence-electron chi connectivity index (χ2n) is 9.62. The van der Waals surface area contributed by atoms with Gasteiger partial charge in [-0.2, -0.15) is 0 Å². The molecule has 1 aromatic rings. The van der Waals surface area contributed by atoms with Gasteiger partial charge in [0.2, 0.25) is 0 Å². The minimum atomic E-state index is -2.58. The molecule has 0 atom stereocenters. The van der Waals surface area contributed by atoms with E-state index in [9.17, 15) is 0 Å².